The number of hydrogen-bond acceptors (Lipinski definition) is 7. The van der Waals surface area contributed by atoms with Gasteiger partial charge in [-0.05, 0) is 18.2 Å². The summed E-state index contributed by atoms with van der Waals surface area (Å²) in [6.45, 7) is 0. The lowest BCUT2D eigenvalue weighted by Crippen LogP contribution is -2.17. The topological polar surface area (TPSA) is 129 Å². The number of ketones is 1. The van der Waals surface area contributed by atoms with Crippen molar-refractivity contribution < 1.29 is 29.6 Å². The highest BCUT2D eigenvalue weighted by molar-refractivity contribution is 6.11. The summed E-state index contributed by atoms with van der Waals surface area (Å²) >= 11 is 0. The number of carbonyl (C=O) groups is 2. The third kappa shape index (κ3) is 3.88. The maximum Gasteiger partial charge on any atom is 0.233 e. The first-order valence-electron chi connectivity index (χ1n) is 6.49. The van der Waals surface area contributed by atoms with E-state index in [2.05, 4.69) is 10.3 Å². The van der Waals surface area contributed by atoms with Gasteiger partial charge in [-0.3, -0.25) is 9.59 Å². The normalized spacial score (nSPS) is 10.1. The van der Waals surface area contributed by atoms with Crippen molar-refractivity contribution in [2.75, 3.05) is 12.4 Å². The van der Waals surface area contributed by atoms with Crippen LogP contribution in [0, 0.1) is 0 Å². The minimum absolute atomic E-state index is 0.105. The fraction of sp³-hybridized carbons (Fsp3) is 0.133. The molecule has 120 valence electrons. The summed E-state index contributed by atoms with van der Waals surface area (Å²) in [5.74, 6) is -2.77. The number of hydrogen-bond donors (Lipinski definition) is 4. The molecule has 2 aromatic rings. The van der Waals surface area contributed by atoms with Crippen molar-refractivity contribution in [3.8, 4) is 23.1 Å². The van der Waals surface area contributed by atoms with Crippen molar-refractivity contribution >= 4 is 17.5 Å². The molecule has 0 spiro atoms. The molecule has 0 radical (unpaired) electrons. The van der Waals surface area contributed by atoms with Crippen LogP contribution in [0.5, 0.6) is 23.1 Å². The number of phenols is 3. The average molecular weight is 318 g/mol. The summed E-state index contributed by atoms with van der Waals surface area (Å²) in [6, 6.07) is 6.69. The standard InChI is InChI=1S/C15H14N2O6/c1-23-14-4-2-3-12(17-14)16-13(21)7-9(18)8-5-10(19)15(22)11(20)6-8/h2-6,19-20,22H,7H2,1H3,(H,16,17,21). The maximum absolute atomic E-state index is 12.0. The highest BCUT2D eigenvalue weighted by atomic mass is 16.5. The number of amides is 1. The van der Waals surface area contributed by atoms with Gasteiger partial charge < -0.3 is 25.4 Å². The number of carbonyl (C=O) groups excluding carboxylic acids is 2. The molecule has 2 rings (SSSR count). The monoisotopic (exact) mass is 318 g/mol. The second kappa shape index (κ2) is 6.65. The Bertz CT molecular complexity index is 736. The van der Waals surface area contributed by atoms with Gasteiger partial charge in [0.25, 0.3) is 0 Å². The Morgan fingerprint density at radius 1 is 1.17 bits per heavy atom. The van der Waals surface area contributed by atoms with Gasteiger partial charge in [-0.25, -0.2) is 0 Å². The Morgan fingerprint density at radius 3 is 2.43 bits per heavy atom. The predicted molar refractivity (Wildman–Crippen MR) is 79.8 cm³/mol. The Kier molecular flexibility index (Phi) is 4.65. The van der Waals surface area contributed by atoms with Crippen LogP contribution in [0.15, 0.2) is 30.3 Å². The van der Waals surface area contributed by atoms with Gasteiger partial charge in [-0.15, -0.1) is 0 Å². The van der Waals surface area contributed by atoms with Gasteiger partial charge in [0.05, 0.1) is 13.5 Å². The minimum atomic E-state index is -0.730. The number of aromatic nitrogens is 1. The molecule has 1 heterocycles. The molecule has 8 nitrogen and oxygen atoms in total. The van der Waals surface area contributed by atoms with Crippen molar-refractivity contribution in [3.05, 3.63) is 35.9 Å². The lowest BCUT2D eigenvalue weighted by molar-refractivity contribution is -0.115. The number of Topliss-reactive ketones (excluding diaryl/α,β-unsaturated/α-hetero) is 1. The van der Waals surface area contributed by atoms with E-state index in [-0.39, 0.29) is 11.4 Å². The van der Waals surface area contributed by atoms with Crippen LogP contribution < -0.4 is 10.1 Å². The summed E-state index contributed by atoms with van der Waals surface area (Å²) in [4.78, 5) is 27.8. The maximum atomic E-state index is 12.0. The largest absolute Gasteiger partial charge is 0.504 e. The first kappa shape index (κ1) is 16.1. The van der Waals surface area contributed by atoms with E-state index >= 15 is 0 Å². The average Bonchev–Trinajstić information content (AvgIpc) is 2.52. The highest BCUT2D eigenvalue weighted by Crippen LogP contribution is 2.35. The van der Waals surface area contributed by atoms with Crippen LogP contribution in [-0.4, -0.2) is 39.1 Å². The Morgan fingerprint density at radius 2 is 1.83 bits per heavy atom. The summed E-state index contributed by atoms with van der Waals surface area (Å²) in [5.41, 5.74) is -0.105. The van der Waals surface area contributed by atoms with E-state index in [0.29, 0.717) is 5.88 Å². The molecule has 8 heteroatoms. The van der Waals surface area contributed by atoms with Crippen molar-refractivity contribution in [1.82, 2.24) is 4.98 Å². The van der Waals surface area contributed by atoms with Gasteiger partial charge in [0.1, 0.15) is 5.82 Å². The molecule has 0 saturated carbocycles. The quantitative estimate of drug-likeness (QED) is 0.373. The molecule has 0 saturated heterocycles. The van der Waals surface area contributed by atoms with Gasteiger partial charge >= 0.3 is 0 Å². The number of rotatable bonds is 5. The number of anilines is 1. The van der Waals surface area contributed by atoms with Crippen LogP contribution in [0.4, 0.5) is 5.82 Å². The Balaban J connectivity index is 2.06. The van der Waals surface area contributed by atoms with Crippen molar-refractivity contribution in [3.63, 3.8) is 0 Å². The van der Waals surface area contributed by atoms with Gasteiger partial charge in [0.2, 0.25) is 11.8 Å². The zero-order chi connectivity index (χ0) is 17.0. The van der Waals surface area contributed by atoms with Crippen LogP contribution in [0.1, 0.15) is 16.8 Å². The molecular formula is C15H14N2O6. The summed E-state index contributed by atoms with van der Waals surface area (Å²) in [5, 5.41) is 30.4. The second-order valence-corrected chi connectivity index (χ2v) is 4.58. The van der Waals surface area contributed by atoms with Crippen LogP contribution in [-0.2, 0) is 4.79 Å². The lowest BCUT2D eigenvalue weighted by atomic mass is 10.1. The molecule has 0 unspecified atom stereocenters. The molecule has 0 fully saturated rings. The molecule has 1 amide bonds. The molecule has 0 aliphatic rings. The van der Waals surface area contributed by atoms with Crippen LogP contribution in [0.3, 0.4) is 0 Å². The number of methoxy groups -OCH3 is 1. The van der Waals surface area contributed by atoms with E-state index in [9.17, 15) is 24.9 Å². The summed E-state index contributed by atoms with van der Waals surface area (Å²) in [7, 11) is 1.43. The second-order valence-electron chi connectivity index (χ2n) is 4.58. The fourth-order valence-electron chi connectivity index (χ4n) is 1.80. The first-order valence-corrected chi connectivity index (χ1v) is 6.49. The van der Waals surface area contributed by atoms with Crippen molar-refractivity contribution in [2.45, 2.75) is 6.42 Å². The van der Waals surface area contributed by atoms with Crippen LogP contribution >= 0.6 is 0 Å². The first-order chi connectivity index (χ1) is 10.9. The van der Waals surface area contributed by atoms with E-state index < -0.39 is 35.4 Å². The third-order valence-electron chi connectivity index (χ3n) is 2.91. The predicted octanol–water partition coefficient (Wildman–Crippen LogP) is 1.42. The zero-order valence-corrected chi connectivity index (χ0v) is 12.1. The Labute approximate surface area is 131 Å². The van der Waals surface area contributed by atoms with Crippen molar-refractivity contribution in [2.24, 2.45) is 0 Å². The lowest BCUT2D eigenvalue weighted by Gasteiger charge is -2.07. The SMILES string of the molecule is COc1cccc(NC(=O)CC(=O)c2cc(O)c(O)c(O)c2)n1. The number of phenolic OH excluding ortho intramolecular Hbond substituents is 3. The van der Waals surface area contributed by atoms with Crippen molar-refractivity contribution in [1.29, 1.82) is 0 Å². The molecule has 0 atom stereocenters. The van der Waals surface area contributed by atoms with E-state index in [4.69, 9.17) is 4.74 Å². The molecule has 23 heavy (non-hydrogen) atoms. The molecule has 0 bridgehead atoms. The van der Waals surface area contributed by atoms with Gasteiger partial charge in [0.15, 0.2) is 23.0 Å². The van der Waals surface area contributed by atoms with Gasteiger partial charge in [-0.2, -0.15) is 4.98 Å². The highest BCUT2D eigenvalue weighted by Gasteiger charge is 2.17. The fourth-order valence-corrected chi connectivity index (χ4v) is 1.80. The van der Waals surface area contributed by atoms with Crippen LogP contribution in [0.25, 0.3) is 0 Å². The number of nitrogens with one attached hydrogen (secondary N) is 1. The molecule has 4 N–H and O–H groups in total. The Hall–Kier alpha value is -3.29. The number of benzene rings is 1. The number of nitrogens with zero attached hydrogens (tertiary/aromatic N) is 1. The zero-order valence-electron chi connectivity index (χ0n) is 12.1. The molecule has 0 aliphatic carbocycles. The molecule has 1 aromatic heterocycles. The number of ether oxygens (including phenoxy) is 1. The molecular weight excluding hydrogens is 304 g/mol. The van der Waals surface area contributed by atoms with Crippen LogP contribution in [0.2, 0.25) is 0 Å². The van der Waals surface area contributed by atoms with E-state index in [1.54, 1.807) is 12.1 Å². The third-order valence-corrected chi connectivity index (χ3v) is 2.91. The van der Waals surface area contributed by atoms with E-state index in [0.717, 1.165) is 12.1 Å². The van der Waals surface area contributed by atoms with Gasteiger partial charge in [0, 0.05) is 11.6 Å². The summed E-state index contributed by atoms with van der Waals surface area (Å²) < 4.78 is 4.92. The molecule has 1 aromatic carbocycles. The summed E-state index contributed by atoms with van der Waals surface area (Å²) in [6.07, 6.45) is -0.525. The van der Waals surface area contributed by atoms with E-state index in [1.807, 2.05) is 0 Å². The smallest absolute Gasteiger partial charge is 0.233 e. The minimum Gasteiger partial charge on any atom is -0.504 e. The number of pyridine rings is 1. The number of aromatic hydroxyl groups is 3. The van der Waals surface area contributed by atoms with Gasteiger partial charge in [-0.1, -0.05) is 6.07 Å². The molecule has 0 aliphatic heterocycles. The van der Waals surface area contributed by atoms with E-state index in [1.165, 1.54) is 13.2 Å².